The Morgan fingerprint density at radius 2 is 1.63 bits per heavy atom. The van der Waals surface area contributed by atoms with E-state index >= 15 is 0 Å². The number of benzene rings is 4. The Hall–Kier alpha value is -4.88. The Morgan fingerprint density at radius 3 is 2.43 bits per heavy atom. The molecule has 4 aromatic carbocycles. The number of nitrogens with zero attached hydrogens (tertiary/aromatic N) is 1. The highest BCUT2D eigenvalue weighted by Crippen LogP contribution is 2.69. The maximum Gasteiger partial charge on any atom is 0.416 e. The monoisotopic (exact) mass is 727 g/mol. The van der Waals surface area contributed by atoms with Crippen molar-refractivity contribution < 1.29 is 32.3 Å². The van der Waals surface area contributed by atoms with Crippen molar-refractivity contribution >= 4 is 63.0 Å². The Labute approximate surface area is 297 Å². The van der Waals surface area contributed by atoms with E-state index in [-0.39, 0.29) is 52.0 Å². The zero-order chi connectivity index (χ0) is 35.2. The molecule has 7 atom stereocenters. The van der Waals surface area contributed by atoms with Gasteiger partial charge in [0.1, 0.15) is 5.75 Å². The number of anilines is 2. The summed E-state index contributed by atoms with van der Waals surface area (Å²) >= 11 is 2.61. The molecule has 5 aromatic rings. The highest BCUT2D eigenvalue weighted by atomic mass is 32.2. The number of hydrogen-bond donors (Lipinski definition) is 2. The van der Waals surface area contributed by atoms with Crippen LogP contribution in [0, 0.1) is 29.6 Å². The van der Waals surface area contributed by atoms with Crippen LogP contribution in [0.3, 0.4) is 0 Å². The number of carbonyl (C=O) groups is 3. The first-order valence-corrected chi connectivity index (χ1v) is 18.2. The number of imide groups is 1. The summed E-state index contributed by atoms with van der Waals surface area (Å²) in [6.45, 7) is -0.272. The molecule has 8 nitrogen and oxygen atoms in total. The number of aromatic nitrogens is 1. The van der Waals surface area contributed by atoms with Gasteiger partial charge >= 0.3 is 11.0 Å². The van der Waals surface area contributed by atoms with Gasteiger partial charge in [-0.1, -0.05) is 65.9 Å². The topological polar surface area (TPSA) is 109 Å². The summed E-state index contributed by atoms with van der Waals surface area (Å²) in [4.78, 5) is 58.3. The summed E-state index contributed by atoms with van der Waals surface area (Å²) in [5, 5.41) is 5.50. The first kappa shape index (κ1) is 32.1. The number of amides is 3. The lowest BCUT2D eigenvalue weighted by atomic mass is 9.68. The van der Waals surface area contributed by atoms with Crippen LogP contribution >= 0.6 is 23.1 Å². The largest absolute Gasteiger partial charge is 0.483 e. The van der Waals surface area contributed by atoms with Crippen LogP contribution in [0.2, 0.25) is 0 Å². The van der Waals surface area contributed by atoms with Crippen LogP contribution in [0.15, 0.2) is 101 Å². The molecule has 3 fully saturated rings. The molecule has 13 heteroatoms. The zero-order valence-electron chi connectivity index (χ0n) is 26.6. The predicted molar refractivity (Wildman–Crippen MR) is 187 cm³/mol. The van der Waals surface area contributed by atoms with Gasteiger partial charge in [0, 0.05) is 27.3 Å². The molecule has 2 saturated carbocycles. The third-order valence-corrected chi connectivity index (χ3v) is 13.4. The molecule has 0 spiro atoms. The van der Waals surface area contributed by atoms with E-state index in [9.17, 15) is 32.3 Å². The molecular formula is C38H28F3N3O5S2. The average Bonchev–Trinajstić information content (AvgIpc) is 3.86. The van der Waals surface area contributed by atoms with Crippen LogP contribution < -0.4 is 19.8 Å². The van der Waals surface area contributed by atoms with E-state index in [1.165, 1.54) is 23.9 Å². The van der Waals surface area contributed by atoms with Gasteiger partial charge < -0.3 is 15.0 Å². The molecule has 1 saturated heterocycles. The molecule has 1 aromatic heterocycles. The molecule has 9 rings (SSSR count). The highest BCUT2D eigenvalue weighted by Gasteiger charge is 2.70. The number of thioether (sulfide) groups is 1. The van der Waals surface area contributed by atoms with Gasteiger partial charge in [-0.2, -0.15) is 13.2 Å². The number of para-hydroxylation sites is 1. The number of aromatic amines is 1. The van der Waals surface area contributed by atoms with Crippen LogP contribution in [0.4, 0.5) is 24.5 Å². The first-order valence-electron chi connectivity index (χ1n) is 16.5. The molecule has 4 aliphatic rings. The second-order valence-corrected chi connectivity index (χ2v) is 15.7. The lowest BCUT2D eigenvalue weighted by Gasteiger charge is -2.43. The minimum Gasteiger partial charge on any atom is -0.483 e. The molecule has 3 heterocycles. The number of thiazole rings is 1. The second-order valence-electron chi connectivity index (χ2n) is 13.5. The predicted octanol–water partition coefficient (Wildman–Crippen LogP) is 7.30. The minimum atomic E-state index is -4.63. The number of hydrogen-bond acceptors (Lipinski definition) is 7. The minimum absolute atomic E-state index is 0.0787. The van der Waals surface area contributed by atoms with E-state index in [2.05, 4.69) is 10.3 Å². The molecule has 2 aliphatic carbocycles. The molecule has 2 N–H and O–H groups in total. The van der Waals surface area contributed by atoms with E-state index in [1.807, 2.05) is 54.6 Å². The lowest BCUT2D eigenvalue weighted by molar-refractivity contribution is -0.137. The summed E-state index contributed by atoms with van der Waals surface area (Å²) in [6.07, 6.45) is -4.02. The number of alkyl halides is 3. The summed E-state index contributed by atoms with van der Waals surface area (Å²) in [6, 6.07) is 25.2. The average molecular weight is 728 g/mol. The highest BCUT2D eigenvalue weighted by molar-refractivity contribution is 8.00. The number of H-pyrrole nitrogens is 1. The first-order chi connectivity index (χ1) is 24.6. The molecule has 2 bridgehead atoms. The van der Waals surface area contributed by atoms with E-state index in [0.29, 0.717) is 22.9 Å². The van der Waals surface area contributed by atoms with E-state index in [1.54, 1.807) is 12.1 Å². The Balaban J connectivity index is 1.02. The fraction of sp³-hybridized carbons (Fsp3) is 0.263. The van der Waals surface area contributed by atoms with E-state index in [4.69, 9.17) is 4.74 Å². The standard InChI is InChI=1S/C38H28F3N3O5S2/c39-38(40,41)20-8-5-9-22(15-20)44-35(46)30-24-16-25(31(30)36(44)47)32-29(24)28(33-34(50-32)43-37(48)51-33)23-10-3-4-11-26(23)49-17-27(45)42-21-13-12-18-6-1-2-7-19(18)14-21/h1-15,24-25,28-32H,16-17H2,(H,42,45)(H,43,48)/t24?,25?,28-,29?,30?,31?,32?/m1/s1. The van der Waals surface area contributed by atoms with Gasteiger partial charge in [0.25, 0.3) is 5.91 Å². The molecule has 3 amide bonds. The van der Waals surface area contributed by atoms with Crippen molar-refractivity contribution in [3.63, 3.8) is 0 Å². The molecule has 0 radical (unpaired) electrons. The van der Waals surface area contributed by atoms with Crippen molar-refractivity contribution in [2.75, 3.05) is 16.8 Å². The van der Waals surface area contributed by atoms with Gasteiger partial charge in [0.15, 0.2) is 6.61 Å². The Bertz CT molecular complexity index is 2320. The molecule has 2 aliphatic heterocycles. The quantitative estimate of drug-likeness (QED) is 0.178. The summed E-state index contributed by atoms with van der Waals surface area (Å²) < 4.78 is 46.9. The van der Waals surface area contributed by atoms with Crippen molar-refractivity contribution in [2.45, 2.75) is 28.8 Å². The Kier molecular flexibility index (Phi) is 7.44. The SMILES string of the molecule is O=C(COc1ccccc1[C@H]1c2sc(=O)[nH]c2SC2C3CC(C4C(=O)N(c5cccc(C(F)(F)F)c5)C(=O)C34)C21)Nc1ccc2ccccc2c1. The van der Waals surface area contributed by atoms with Gasteiger partial charge in [0.05, 0.1) is 28.1 Å². The number of carbonyl (C=O) groups excluding carboxylic acids is 3. The fourth-order valence-electron chi connectivity index (χ4n) is 8.92. The molecular weight excluding hydrogens is 700 g/mol. The van der Waals surface area contributed by atoms with Crippen molar-refractivity contribution in [3.8, 4) is 5.75 Å². The number of rotatable bonds is 6. The second kappa shape index (κ2) is 11.8. The van der Waals surface area contributed by atoms with Crippen LogP contribution in [0.25, 0.3) is 10.8 Å². The van der Waals surface area contributed by atoms with Crippen molar-refractivity contribution in [1.82, 2.24) is 4.98 Å². The van der Waals surface area contributed by atoms with Gasteiger partial charge in [-0.25, -0.2) is 0 Å². The fourth-order valence-corrected chi connectivity index (χ4v) is 11.8. The Morgan fingerprint density at radius 1 is 0.882 bits per heavy atom. The van der Waals surface area contributed by atoms with Gasteiger partial charge in [0.2, 0.25) is 11.8 Å². The normalized spacial score (nSPS) is 26.3. The summed E-state index contributed by atoms with van der Waals surface area (Å²) in [5.41, 5.74) is 0.389. The van der Waals surface area contributed by atoms with Crippen LogP contribution in [0.1, 0.15) is 28.3 Å². The summed E-state index contributed by atoms with van der Waals surface area (Å²) in [5.74, 6) is -3.23. The van der Waals surface area contributed by atoms with E-state index < -0.39 is 35.4 Å². The van der Waals surface area contributed by atoms with Gasteiger partial charge in [-0.3, -0.25) is 24.1 Å². The molecule has 258 valence electrons. The number of ether oxygens (including phenoxy) is 1. The maximum absolute atomic E-state index is 14.1. The van der Waals surface area contributed by atoms with Crippen molar-refractivity contribution in [3.05, 3.63) is 117 Å². The lowest BCUT2D eigenvalue weighted by Crippen LogP contribution is -2.42. The van der Waals surface area contributed by atoms with Gasteiger partial charge in [-0.05, 0) is 71.3 Å². The van der Waals surface area contributed by atoms with Crippen molar-refractivity contribution in [1.29, 1.82) is 0 Å². The van der Waals surface area contributed by atoms with Gasteiger partial charge in [-0.15, -0.1) is 11.8 Å². The number of nitrogens with one attached hydrogen (secondary N) is 2. The summed E-state index contributed by atoms with van der Waals surface area (Å²) in [7, 11) is 0. The van der Waals surface area contributed by atoms with E-state index in [0.717, 1.165) is 49.6 Å². The number of halogens is 3. The van der Waals surface area contributed by atoms with Crippen LogP contribution in [0.5, 0.6) is 5.75 Å². The molecule has 51 heavy (non-hydrogen) atoms. The number of fused-ring (bicyclic) bond motifs is 10. The zero-order valence-corrected chi connectivity index (χ0v) is 28.2. The smallest absolute Gasteiger partial charge is 0.416 e. The molecule has 6 unspecified atom stereocenters. The third-order valence-electron chi connectivity index (χ3n) is 10.8. The van der Waals surface area contributed by atoms with Crippen LogP contribution in [-0.2, 0) is 20.6 Å². The van der Waals surface area contributed by atoms with Crippen molar-refractivity contribution in [2.24, 2.45) is 29.6 Å². The van der Waals surface area contributed by atoms with Crippen LogP contribution in [-0.4, -0.2) is 34.6 Å². The third kappa shape index (κ3) is 5.19. The maximum atomic E-state index is 14.1.